The van der Waals surface area contributed by atoms with Crippen LogP contribution >= 0.6 is 0 Å². The molecule has 1 heterocycles. The van der Waals surface area contributed by atoms with Gasteiger partial charge in [-0.3, -0.25) is 4.79 Å². The maximum atomic E-state index is 12.6. The van der Waals surface area contributed by atoms with Gasteiger partial charge in [-0.25, -0.2) is 9.97 Å². The highest BCUT2D eigenvalue weighted by Crippen LogP contribution is 2.27. The molecule has 1 atom stereocenters. The standard InChI is InChI=1S/C22H24N4O2/c1-15(2)28-20-12-8-7-11-18(20)25-22-23-14-13-19(26-22)21(27)24-16(3)17-9-5-4-6-10-17/h4-16H,1-3H3,(H,24,27)(H,23,25,26). The third-order valence-corrected chi connectivity index (χ3v) is 4.03. The molecule has 3 aromatic rings. The van der Waals surface area contributed by atoms with Crippen LogP contribution in [0.15, 0.2) is 66.9 Å². The van der Waals surface area contributed by atoms with E-state index in [1.54, 1.807) is 12.3 Å². The van der Waals surface area contributed by atoms with Crippen molar-refractivity contribution < 1.29 is 9.53 Å². The Balaban J connectivity index is 1.73. The summed E-state index contributed by atoms with van der Waals surface area (Å²) in [7, 11) is 0. The number of hydrogen-bond acceptors (Lipinski definition) is 5. The molecule has 0 radical (unpaired) electrons. The van der Waals surface area contributed by atoms with E-state index >= 15 is 0 Å². The molecule has 1 aromatic heterocycles. The fourth-order valence-electron chi connectivity index (χ4n) is 2.69. The number of para-hydroxylation sites is 2. The third kappa shape index (κ3) is 5.07. The van der Waals surface area contributed by atoms with E-state index in [1.165, 1.54) is 0 Å². The van der Waals surface area contributed by atoms with Gasteiger partial charge in [0.15, 0.2) is 0 Å². The fraction of sp³-hybridized carbons (Fsp3) is 0.227. The lowest BCUT2D eigenvalue weighted by molar-refractivity contribution is 0.0935. The number of nitrogens with one attached hydrogen (secondary N) is 2. The summed E-state index contributed by atoms with van der Waals surface area (Å²) in [5.41, 5.74) is 2.07. The molecule has 0 aliphatic heterocycles. The predicted molar refractivity (Wildman–Crippen MR) is 110 cm³/mol. The van der Waals surface area contributed by atoms with Gasteiger partial charge in [-0.05, 0) is 44.5 Å². The first-order valence-corrected chi connectivity index (χ1v) is 9.24. The van der Waals surface area contributed by atoms with Crippen molar-refractivity contribution in [3.63, 3.8) is 0 Å². The highest BCUT2D eigenvalue weighted by Gasteiger charge is 2.14. The number of carbonyl (C=O) groups is 1. The van der Waals surface area contributed by atoms with E-state index in [-0.39, 0.29) is 18.1 Å². The largest absolute Gasteiger partial charge is 0.489 e. The monoisotopic (exact) mass is 376 g/mol. The molecule has 0 saturated heterocycles. The van der Waals surface area contributed by atoms with Crippen molar-refractivity contribution in [1.29, 1.82) is 0 Å². The second kappa shape index (κ2) is 8.99. The lowest BCUT2D eigenvalue weighted by Gasteiger charge is -2.15. The van der Waals surface area contributed by atoms with Crippen LogP contribution in [0.4, 0.5) is 11.6 Å². The summed E-state index contributed by atoms with van der Waals surface area (Å²) in [5, 5.41) is 6.09. The number of ether oxygens (including phenoxy) is 1. The number of benzene rings is 2. The summed E-state index contributed by atoms with van der Waals surface area (Å²) in [6, 6.07) is 18.8. The van der Waals surface area contributed by atoms with E-state index < -0.39 is 0 Å². The minimum absolute atomic E-state index is 0.0421. The van der Waals surface area contributed by atoms with Gasteiger partial charge in [-0.2, -0.15) is 0 Å². The van der Waals surface area contributed by atoms with Gasteiger partial charge in [0.25, 0.3) is 5.91 Å². The molecular weight excluding hydrogens is 352 g/mol. The van der Waals surface area contributed by atoms with E-state index in [0.717, 1.165) is 11.3 Å². The lowest BCUT2D eigenvalue weighted by Crippen LogP contribution is -2.27. The molecule has 28 heavy (non-hydrogen) atoms. The Morgan fingerprint density at radius 2 is 1.68 bits per heavy atom. The third-order valence-electron chi connectivity index (χ3n) is 4.03. The van der Waals surface area contributed by atoms with E-state index in [4.69, 9.17) is 4.74 Å². The van der Waals surface area contributed by atoms with Crippen LogP contribution in [0.25, 0.3) is 0 Å². The molecule has 0 spiro atoms. The van der Waals surface area contributed by atoms with Gasteiger partial charge in [0.2, 0.25) is 5.95 Å². The molecule has 1 unspecified atom stereocenters. The number of rotatable bonds is 7. The molecule has 6 nitrogen and oxygen atoms in total. The van der Waals surface area contributed by atoms with Crippen LogP contribution in [0.2, 0.25) is 0 Å². The fourth-order valence-corrected chi connectivity index (χ4v) is 2.69. The van der Waals surface area contributed by atoms with Crippen molar-refractivity contribution in [2.45, 2.75) is 32.9 Å². The smallest absolute Gasteiger partial charge is 0.270 e. The zero-order valence-corrected chi connectivity index (χ0v) is 16.2. The van der Waals surface area contributed by atoms with Crippen LogP contribution in [-0.4, -0.2) is 22.0 Å². The van der Waals surface area contributed by atoms with Gasteiger partial charge in [0, 0.05) is 6.20 Å². The molecule has 0 aliphatic carbocycles. The average Bonchev–Trinajstić information content (AvgIpc) is 2.70. The van der Waals surface area contributed by atoms with Crippen molar-refractivity contribution >= 4 is 17.5 Å². The van der Waals surface area contributed by atoms with Gasteiger partial charge in [0.05, 0.1) is 17.8 Å². The van der Waals surface area contributed by atoms with E-state index in [0.29, 0.717) is 17.4 Å². The number of carbonyl (C=O) groups excluding carboxylic acids is 1. The number of aromatic nitrogens is 2. The minimum Gasteiger partial charge on any atom is -0.489 e. The summed E-state index contributed by atoms with van der Waals surface area (Å²) in [6.45, 7) is 5.87. The van der Waals surface area contributed by atoms with Crippen LogP contribution < -0.4 is 15.4 Å². The number of amides is 1. The maximum absolute atomic E-state index is 12.6. The Kier molecular flexibility index (Phi) is 6.22. The number of hydrogen-bond donors (Lipinski definition) is 2. The van der Waals surface area contributed by atoms with Crippen molar-refractivity contribution in [2.75, 3.05) is 5.32 Å². The summed E-state index contributed by atoms with van der Waals surface area (Å²) < 4.78 is 5.80. The van der Waals surface area contributed by atoms with Crippen molar-refractivity contribution in [3.05, 3.63) is 78.1 Å². The Morgan fingerprint density at radius 1 is 0.964 bits per heavy atom. The lowest BCUT2D eigenvalue weighted by atomic mass is 10.1. The van der Waals surface area contributed by atoms with Crippen LogP contribution in [0, 0.1) is 0 Å². The number of nitrogens with zero attached hydrogens (tertiary/aromatic N) is 2. The first kappa shape index (κ1) is 19.4. The zero-order chi connectivity index (χ0) is 19.9. The molecule has 1 amide bonds. The van der Waals surface area contributed by atoms with Gasteiger partial charge >= 0.3 is 0 Å². The molecule has 144 valence electrons. The first-order valence-electron chi connectivity index (χ1n) is 9.24. The van der Waals surface area contributed by atoms with E-state index in [2.05, 4.69) is 20.6 Å². The Hall–Kier alpha value is -3.41. The average molecular weight is 376 g/mol. The van der Waals surface area contributed by atoms with E-state index in [1.807, 2.05) is 75.4 Å². The summed E-state index contributed by atoms with van der Waals surface area (Å²) in [6.07, 6.45) is 1.60. The van der Waals surface area contributed by atoms with Crippen molar-refractivity contribution in [1.82, 2.24) is 15.3 Å². The summed E-state index contributed by atoms with van der Waals surface area (Å²) in [4.78, 5) is 21.2. The Labute approximate surface area is 165 Å². The SMILES string of the molecule is CC(C)Oc1ccccc1Nc1nccc(C(=O)NC(C)c2ccccc2)n1. The minimum atomic E-state index is -0.256. The highest BCUT2D eigenvalue weighted by molar-refractivity contribution is 5.92. The second-order valence-corrected chi connectivity index (χ2v) is 6.66. The Bertz CT molecular complexity index is 929. The maximum Gasteiger partial charge on any atom is 0.270 e. The molecule has 6 heteroatoms. The number of anilines is 2. The molecular formula is C22H24N4O2. The van der Waals surface area contributed by atoms with Crippen LogP contribution in [0.5, 0.6) is 5.75 Å². The first-order chi connectivity index (χ1) is 13.5. The molecule has 2 N–H and O–H groups in total. The van der Waals surface area contributed by atoms with Gasteiger partial charge < -0.3 is 15.4 Å². The topological polar surface area (TPSA) is 76.1 Å². The van der Waals surface area contributed by atoms with Gasteiger partial charge in [-0.1, -0.05) is 42.5 Å². The molecule has 0 fully saturated rings. The normalized spacial score (nSPS) is 11.7. The molecule has 0 bridgehead atoms. The van der Waals surface area contributed by atoms with Crippen molar-refractivity contribution in [2.24, 2.45) is 0 Å². The Morgan fingerprint density at radius 3 is 2.43 bits per heavy atom. The van der Waals surface area contributed by atoms with E-state index in [9.17, 15) is 4.79 Å². The summed E-state index contributed by atoms with van der Waals surface area (Å²) >= 11 is 0. The van der Waals surface area contributed by atoms with Crippen LogP contribution in [0.1, 0.15) is 42.9 Å². The van der Waals surface area contributed by atoms with Crippen LogP contribution in [0.3, 0.4) is 0 Å². The highest BCUT2D eigenvalue weighted by atomic mass is 16.5. The molecule has 0 aliphatic rings. The predicted octanol–water partition coefficient (Wildman–Crippen LogP) is 4.50. The van der Waals surface area contributed by atoms with Gasteiger partial charge in [-0.15, -0.1) is 0 Å². The molecule has 2 aromatic carbocycles. The molecule has 0 saturated carbocycles. The van der Waals surface area contributed by atoms with Crippen molar-refractivity contribution in [3.8, 4) is 5.75 Å². The second-order valence-electron chi connectivity index (χ2n) is 6.66. The van der Waals surface area contributed by atoms with Gasteiger partial charge in [0.1, 0.15) is 11.4 Å². The quantitative estimate of drug-likeness (QED) is 0.635. The van der Waals surface area contributed by atoms with Crippen LogP contribution in [-0.2, 0) is 0 Å². The molecule has 3 rings (SSSR count). The zero-order valence-electron chi connectivity index (χ0n) is 16.2. The summed E-state index contributed by atoms with van der Waals surface area (Å²) in [5.74, 6) is 0.780.